The molecular weight excluding hydrogens is 321 g/mol. The normalized spacial score (nSPS) is 11.6. The van der Waals surface area contributed by atoms with E-state index in [4.69, 9.17) is 4.74 Å². The molecule has 0 aliphatic rings. The minimum absolute atomic E-state index is 0.284. The molecule has 25 heavy (non-hydrogen) atoms. The summed E-state index contributed by atoms with van der Waals surface area (Å²) in [5.41, 5.74) is 1.48. The summed E-state index contributed by atoms with van der Waals surface area (Å²) in [6, 6.07) is 15.0. The fourth-order valence-electron chi connectivity index (χ4n) is 2.44. The monoisotopic (exact) mass is 337 g/mol. The number of carbonyl (C=O) groups is 1. The van der Waals surface area contributed by atoms with Crippen LogP contribution >= 0.6 is 0 Å². The molecule has 0 spiro atoms. The van der Waals surface area contributed by atoms with Gasteiger partial charge in [0.2, 0.25) is 5.95 Å². The van der Waals surface area contributed by atoms with Crippen molar-refractivity contribution in [3.63, 3.8) is 0 Å². The average Bonchev–Trinajstić information content (AvgIpc) is 2.65. The van der Waals surface area contributed by atoms with Crippen molar-refractivity contribution < 1.29 is 13.9 Å². The van der Waals surface area contributed by atoms with Gasteiger partial charge >= 0.3 is 0 Å². The molecule has 2 aromatic carbocycles. The van der Waals surface area contributed by atoms with Crippen LogP contribution in [-0.2, 0) is 4.79 Å². The number of hydrogen-bond donors (Lipinski definition) is 1. The first-order valence-electron chi connectivity index (χ1n) is 7.65. The van der Waals surface area contributed by atoms with Crippen molar-refractivity contribution in [2.75, 3.05) is 12.4 Å². The lowest BCUT2D eigenvalue weighted by molar-refractivity contribution is -0.108. The number of rotatable bonds is 6. The van der Waals surface area contributed by atoms with Gasteiger partial charge in [-0.05, 0) is 36.4 Å². The molecule has 1 unspecified atom stereocenters. The molecule has 0 fully saturated rings. The Morgan fingerprint density at radius 2 is 1.88 bits per heavy atom. The van der Waals surface area contributed by atoms with Gasteiger partial charge in [-0.1, -0.05) is 18.2 Å². The maximum absolute atomic E-state index is 14.0. The van der Waals surface area contributed by atoms with E-state index in [1.54, 1.807) is 43.5 Å². The summed E-state index contributed by atoms with van der Waals surface area (Å²) in [5, 5.41) is 3.05. The van der Waals surface area contributed by atoms with Crippen molar-refractivity contribution in [2.24, 2.45) is 0 Å². The fourth-order valence-corrected chi connectivity index (χ4v) is 2.44. The molecule has 6 heteroatoms. The van der Waals surface area contributed by atoms with Gasteiger partial charge in [0.05, 0.1) is 18.7 Å². The van der Waals surface area contributed by atoms with Crippen LogP contribution in [0.3, 0.4) is 0 Å². The van der Waals surface area contributed by atoms with Gasteiger partial charge in [-0.3, -0.25) is 0 Å². The van der Waals surface area contributed by atoms with Crippen LogP contribution in [0.5, 0.6) is 5.75 Å². The van der Waals surface area contributed by atoms with Gasteiger partial charge in [0, 0.05) is 17.4 Å². The molecule has 3 rings (SSSR count). The summed E-state index contributed by atoms with van der Waals surface area (Å²) in [6.07, 6.45) is 2.21. The number of halogens is 1. The molecule has 0 saturated carbocycles. The van der Waals surface area contributed by atoms with Crippen molar-refractivity contribution in [3.8, 4) is 5.75 Å². The second-order valence-electron chi connectivity index (χ2n) is 5.29. The van der Waals surface area contributed by atoms with Crippen molar-refractivity contribution in [1.29, 1.82) is 0 Å². The predicted octanol–water partition coefficient (Wildman–Crippen LogP) is 3.70. The zero-order chi connectivity index (χ0) is 17.6. The Labute approximate surface area is 144 Å². The van der Waals surface area contributed by atoms with E-state index < -0.39 is 11.7 Å². The number of aldehydes is 1. The molecule has 1 N–H and O–H groups in total. The van der Waals surface area contributed by atoms with Crippen LogP contribution in [0.15, 0.2) is 60.8 Å². The van der Waals surface area contributed by atoms with Gasteiger partial charge in [-0.25, -0.2) is 14.4 Å². The largest absolute Gasteiger partial charge is 0.497 e. The molecule has 0 radical (unpaired) electrons. The Hall–Kier alpha value is -3.28. The number of nitrogens with one attached hydrogen (secondary N) is 1. The number of aromatic nitrogens is 2. The second kappa shape index (κ2) is 7.53. The van der Waals surface area contributed by atoms with Crippen LogP contribution in [0, 0.1) is 5.82 Å². The highest BCUT2D eigenvalue weighted by molar-refractivity contribution is 5.67. The maximum Gasteiger partial charge on any atom is 0.227 e. The van der Waals surface area contributed by atoms with E-state index >= 15 is 0 Å². The number of carbonyl (C=O) groups excluding carboxylic acids is 1. The lowest BCUT2D eigenvalue weighted by Gasteiger charge is -2.12. The number of benzene rings is 2. The third-order valence-corrected chi connectivity index (χ3v) is 3.72. The number of nitrogens with zero attached hydrogens (tertiary/aromatic N) is 2. The summed E-state index contributed by atoms with van der Waals surface area (Å²) in [7, 11) is 1.59. The van der Waals surface area contributed by atoms with E-state index in [0.717, 1.165) is 11.4 Å². The fraction of sp³-hybridized carbons (Fsp3) is 0.105. The topological polar surface area (TPSA) is 64.1 Å². The second-order valence-corrected chi connectivity index (χ2v) is 5.29. The van der Waals surface area contributed by atoms with Crippen molar-refractivity contribution in [2.45, 2.75) is 5.92 Å². The number of ether oxygens (including phenoxy) is 1. The third kappa shape index (κ3) is 3.80. The molecule has 1 atom stereocenters. The Morgan fingerprint density at radius 1 is 1.12 bits per heavy atom. The number of anilines is 2. The van der Waals surface area contributed by atoms with Crippen LogP contribution < -0.4 is 10.1 Å². The highest BCUT2D eigenvalue weighted by atomic mass is 19.1. The standard InChI is InChI=1S/C19H16FN3O2/c1-25-14-8-6-13(7-9-14)22-19-21-11-10-18(23-19)16(12-24)15-4-2-3-5-17(15)20/h2-12,16H,1H3,(H,21,22,23). The van der Waals surface area contributed by atoms with E-state index in [9.17, 15) is 9.18 Å². The summed E-state index contributed by atoms with van der Waals surface area (Å²) in [6.45, 7) is 0. The molecule has 3 aromatic rings. The van der Waals surface area contributed by atoms with Crippen molar-refractivity contribution in [3.05, 3.63) is 77.9 Å². The molecule has 5 nitrogen and oxygen atoms in total. The molecule has 1 aromatic heterocycles. The Balaban J connectivity index is 1.87. The van der Waals surface area contributed by atoms with E-state index in [1.807, 2.05) is 12.1 Å². The lowest BCUT2D eigenvalue weighted by atomic mass is 9.96. The van der Waals surface area contributed by atoms with Gasteiger partial charge < -0.3 is 14.8 Å². The summed E-state index contributed by atoms with van der Waals surface area (Å²) < 4.78 is 19.1. The molecule has 0 aliphatic carbocycles. The number of methoxy groups -OCH3 is 1. The van der Waals surface area contributed by atoms with Crippen LogP contribution in [0.2, 0.25) is 0 Å². The van der Waals surface area contributed by atoms with Crippen molar-refractivity contribution in [1.82, 2.24) is 9.97 Å². The highest BCUT2D eigenvalue weighted by Crippen LogP contribution is 2.25. The molecule has 126 valence electrons. The van der Waals surface area contributed by atoms with E-state index in [-0.39, 0.29) is 5.56 Å². The quantitative estimate of drug-likeness (QED) is 0.695. The minimum atomic E-state index is -0.791. The van der Waals surface area contributed by atoms with Gasteiger partial charge in [0.15, 0.2) is 0 Å². The van der Waals surface area contributed by atoms with E-state index in [0.29, 0.717) is 17.9 Å². The number of hydrogen-bond acceptors (Lipinski definition) is 5. The highest BCUT2D eigenvalue weighted by Gasteiger charge is 2.19. The van der Waals surface area contributed by atoms with Crippen LogP contribution in [0.25, 0.3) is 0 Å². The zero-order valence-corrected chi connectivity index (χ0v) is 13.5. The van der Waals surface area contributed by atoms with E-state index in [2.05, 4.69) is 15.3 Å². The van der Waals surface area contributed by atoms with Gasteiger partial charge in [0.25, 0.3) is 0 Å². The molecule has 1 heterocycles. The maximum atomic E-state index is 14.0. The Bertz CT molecular complexity index is 869. The first-order chi connectivity index (χ1) is 12.2. The molecule has 0 amide bonds. The van der Waals surface area contributed by atoms with Crippen molar-refractivity contribution >= 4 is 17.9 Å². The average molecular weight is 337 g/mol. The summed E-state index contributed by atoms with van der Waals surface area (Å²) >= 11 is 0. The zero-order valence-electron chi connectivity index (χ0n) is 13.5. The van der Waals surface area contributed by atoms with Crippen LogP contribution in [-0.4, -0.2) is 23.4 Å². The third-order valence-electron chi connectivity index (χ3n) is 3.72. The summed E-state index contributed by atoms with van der Waals surface area (Å²) in [4.78, 5) is 20.0. The molecule has 0 bridgehead atoms. The Kier molecular flexibility index (Phi) is 4.99. The lowest BCUT2D eigenvalue weighted by Crippen LogP contribution is -2.09. The first kappa shape index (κ1) is 16.6. The van der Waals surface area contributed by atoms with Gasteiger partial charge in [-0.15, -0.1) is 0 Å². The SMILES string of the molecule is COc1ccc(Nc2nccc(C(C=O)c3ccccc3F)n2)cc1. The smallest absolute Gasteiger partial charge is 0.227 e. The first-order valence-corrected chi connectivity index (χ1v) is 7.65. The summed E-state index contributed by atoms with van der Waals surface area (Å²) in [5.74, 6) is -0.171. The Morgan fingerprint density at radius 3 is 2.56 bits per heavy atom. The van der Waals surface area contributed by atoms with Crippen LogP contribution in [0.4, 0.5) is 16.0 Å². The molecule has 0 aliphatic heterocycles. The van der Waals surface area contributed by atoms with Crippen LogP contribution in [0.1, 0.15) is 17.2 Å². The predicted molar refractivity (Wildman–Crippen MR) is 92.6 cm³/mol. The van der Waals surface area contributed by atoms with E-state index in [1.165, 1.54) is 12.3 Å². The molecule has 0 saturated heterocycles. The minimum Gasteiger partial charge on any atom is -0.497 e. The van der Waals surface area contributed by atoms with Gasteiger partial charge in [-0.2, -0.15) is 0 Å². The molecular formula is C19H16FN3O2. The van der Waals surface area contributed by atoms with Gasteiger partial charge in [0.1, 0.15) is 17.9 Å².